The zero-order chi connectivity index (χ0) is 35.7. The van der Waals surface area contributed by atoms with Crippen LogP contribution in [0, 0.1) is 19.9 Å². The van der Waals surface area contributed by atoms with Crippen LogP contribution >= 0.6 is 0 Å². The first-order valence-corrected chi connectivity index (χ1v) is 17.0. The molecule has 0 amide bonds. The van der Waals surface area contributed by atoms with Gasteiger partial charge in [-0.05, 0) is 75.2 Å². The van der Waals surface area contributed by atoms with Gasteiger partial charge >= 0.3 is 0 Å². The molecule has 0 bridgehead atoms. The molecule has 0 saturated carbocycles. The molecular weight excluding hydrogens is 1020 g/mol. The number of hydrogen-bond acceptors (Lipinski definition) is 6. The summed E-state index contributed by atoms with van der Waals surface area (Å²) in [5.74, 6) is 3.43. The Bertz CT molecular complexity index is 2180. The summed E-state index contributed by atoms with van der Waals surface area (Å²) in [5, 5.41) is 39.2. The summed E-state index contributed by atoms with van der Waals surface area (Å²) in [6, 6.07) is 50.8. The summed E-state index contributed by atoms with van der Waals surface area (Å²) >= 11 is 0. The SMILES string of the molecule is CC(O)CC(C)O.Cc1nnc(-c2[c-]cc3ccccc3c2)n1-c1ccccc1.Cc1nnc(-c2ccc3ccccc3c2)n1-c1ccccc1.[Ir].[Ir]. The molecule has 0 spiro atoms. The molecule has 8 aromatic rings. The van der Waals surface area contributed by atoms with E-state index in [2.05, 4.69) is 121 Å². The third-order valence-corrected chi connectivity index (χ3v) is 8.29. The summed E-state index contributed by atoms with van der Waals surface area (Å²) in [6.07, 6.45) is -0.278. The van der Waals surface area contributed by atoms with Gasteiger partial charge in [-0.3, -0.25) is 4.57 Å². The Kier molecular flexibility index (Phi) is 15.1. The maximum absolute atomic E-state index is 8.56. The molecule has 2 radical (unpaired) electrons. The van der Waals surface area contributed by atoms with Crippen molar-refractivity contribution in [1.82, 2.24) is 29.5 Å². The molecule has 2 atom stereocenters. The van der Waals surface area contributed by atoms with E-state index in [1.807, 2.05) is 68.4 Å². The molecule has 0 aliphatic carbocycles. The van der Waals surface area contributed by atoms with Crippen molar-refractivity contribution in [2.24, 2.45) is 0 Å². The minimum atomic E-state index is -0.375. The molecule has 274 valence electrons. The topological polar surface area (TPSA) is 102 Å². The van der Waals surface area contributed by atoms with Gasteiger partial charge in [0.05, 0.1) is 18.0 Å². The van der Waals surface area contributed by atoms with Gasteiger partial charge in [0, 0.05) is 57.1 Å². The van der Waals surface area contributed by atoms with Crippen LogP contribution in [0.15, 0.2) is 140 Å². The Morgan fingerprint density at radius 3 is 1.51 bits per heavy atom. The normalized spacial score (nSPS) is 11.6. The molecule has 8 nitrogen and oxygen atoms in total. The molecule has 10 heteroatoms. The number of para-hydroxylation sites is 2. The van der Waals surface area contributed by atoms with E-state index >= 15 is 0 Å². The van der Waals surface area contributed by atoms with E-state index < -0.39 is 0 Å². The van der Waals surface area contributed by atoms with E-state index in [0.717, 1.165) is 45.8 Å². The van der Waals surface area contributed by atoms with Crippen molar-refractivity contribution >= 4 is 21.5 Å². The van der Waals surface area contributed by atoms with E-state index in [4.69, 9.17) is 10.2 Å². The van der Waals surface area contributed by atoms with Crippen LogP contribution in [0.4, 0.5) is 0 Å². The van der Waals surface area contributed by atoms with Crippen molar-refractivity contribution in [1.29, 1.82) is 0 Å². The second-order valence-electron chi connectivity index (χ2n) is 12.5. The number of aliphatic hydroxyl groups excluding tert-OH is 2. The van der Waals surface area contributed by atoms with Gasteiger partial charge in [-0.1, -0.05) is 102 Å². The van der Waals surface area contributed by atoms with E-state index in [-0.39, 0.29) is 52.4 Å². The van der Waals surface area contributed by atoms with Crippen LogP contribution in [0.3, 0.4) is 0 Å². The minimum absolute atomic E-state index is 0. The van der Waals surface area contributed by atoms with Gasteiger partial charge in [-0.2, -0.15) is 5.10 Å². The molecule has 8 rings (SSSR count). The zero-order valence-corrected chi connectivity index (χ0v) is 34.7. The number of rotatable bonds is 6. The number of benzene rings is 6. The average Bonchev–Trinajstić information content (AvgIpc) is 3.74. The third kappa shape index (κ3) is 10.3. The molecule has 2 aromatic heterocycles. The van der Waals surface area contributed by atoms with Gasteiger partial charge in [0.1, 0.15) is 11.6 Å². The number of aryl methyl sites for hydroxylation is 2. The first-order valence-electron chi connectivity index (χ1n) is 17.0. The minimum Gasteiger partial charge on any atom is -0.393 e. The Hall–Kier alpha value is -4.66. The van der Waals surface area contributed by atoms with Crippen LogP contribution in [0.1, 0.15) is 31.9 Å². The number of aliphatic hydroxyl groups is 2. The fourth-order valence-electron chi connectivity index (χ4n) is 5.94. The molecule has 2 unspecified atom stereocenters. The van der Waals surface area contributed by atoms with Crippen LogP contribution in [-0.4, -0.2) is 51.9 Å². The van der Waals surface area contributed by atoms with Gasteiger partial charge < -0.3 is 14.8 Å². The summed E-state index contributed by atoms with van der Waals surface area (Å²) in [7, 11) is 0. The van der Waals surface area contributed by atoms with E-state index in [1.165, 1.54) is 21.5 Å². The quantitative estimate of drug-likeness (QED) is 0.162. The summed E-state index contributed by atoms with van der Waals surface area (Å²) in [5.41, 5.74) is 4.15. The molecule has 6 aromatic carbocycles. The Labute approximate surface area is 337 Å². The largest absolute Gasteiger partial charge is 0.393 e. The number of nitrogens with zero attached hydrogens (tertiary/aromatic N) is 6. The van der Waals surface area contributed by atoms with E-state index in [0.29, 0.717) is 6.42 Å². The van der Waals surface area contributed by atoms with Crippen molar-refractivity contribution in [2.45, 2.75) is 46.3 Å². The molecule has 2 N–H and O–H groups in total. The number of hydrogen-bond donors (Lipinski definition) is 2. The monoisotopic (exact) mass is 1060 g/mol. The van der Waals surface area contributed by atoms with Crippen LogP contribution in [0.2, 0.25) is 0 Å². The van der Waals surface area contributed by atoms with Crippen molar-refractivity contribution < 1.29 is 50.4 Å². The van der Waals surface area contributed by atoms with Crippen molar-refractivity contribution in [3.8, 4) is 34.2 Å². The van der Waals surface area contributed by atoms with Crippen molar-refractivity contribution in [3.05, 3.63) is 157 Å². The van der Waals surface area contributed by atoms with Gasteiger partial charge in [-0.25, -0.2) is 0 Å². The molecule has 0 fully saturated rings. The van der Waals surface area contributed by atoms with Gasteiger partial charge in [0.25, 0.3) is 0 Å². The molecular formula is C43H41Ir2N6O2-. The van der Waals surface area contributed by atoms with Gasteiger partial charge in [0.2, 0.25) is 0 Å². The predicted octanol–water partition coefficient (Wildman–Crippen LogP) is 8.73. The van der Waals surface area contributed by atoms with Gasteiger partial charge in [-0.15, -0.1) is 44.4 Å². The Morgan fingerprint density at radius 2 is 0.981 bits per heavy atom. The number of fused-ring (bicyclic) bond motifs is 2. The zero-order valence-electron chi connectivity index (χ0n) is 29.9. The summed E-state index contributed by atoms with van der Waals surface area (Å²) in [6.45, 7) is 7.26. The molecule has 2 heterocycles. The maximum atomic E-state index is 8.56. The Balaban J connectivity index is 0.000000195. The average molecular weight is 1060 g/mol. The van der Waals surface area contributed by atoms with E-state index in [1.54, 1.807) is 13.8 Å². The molecule has 0 aliphatic heterocycles. The fraction of sp³-hybridized carbons (Fsp3) is 0.163. The summed E-state index contributed by atoms with van der Waals surface area (Å²) in [4.78, 5) is 0. The standard InChI is InChI=1S/C19H15N3.C19H14N3.C5H12O2.2Ir/c2*1-14-20-21-19(22(14)18-9-3-2-4-10-18)17-12-11-15-7-5-6-8-16(15)13-17;1-4(6)3-5(2)7;;/h2-13H,1H3;2-11,13H,1H3;4-7H,3H2,1-2H3;;/q;-1;;;. The fourth-order valence-corrected chi connectivity index (χ4v) is 5.94. The smallest absolute Gasteiger partial charge is 0.168 e. The number of aromatic nitrogens is 6. The second-order valence-corrected chi connectivity index (χ2v) is 12.5. The predicted molar refractivity (Wildman–Crippen MR) is 205 cm³/mol. The van der Waals surface area contributed by atoms with E-state index in [9.17, 15) is 0 Å². The van der Waals surface area contributed by atoms with Crippen molar-refractivity contribution in [2.75, 3.05) is 0 Å². The molecule has 0 saturated heterocycles. The van der Waals surface area contributed by atoms with Gasteiger partial charge in [0.15, 0.2) is 5.82 Å². The van der Waals surface area contributed by atoms with Crippen LogP contribution < -0.4 is 0 Å². The van der Waals surface area contributed by atoms with Crippen LogP contribution in [-0.2, 0) is 40.2 Å². The van der Waals surface area contributed by atoms with Crippen LogP contribution in [0.5, 0.6) is 0 Å². The molecule has 53 heavy (non-hydrogen) atoms. The Morgan fingerprint density at radius 1 is 0.528 bits per heavy atom. The third-order valence-electron chi connectivity index (χ3n) is 8.29. The molecule has 0 aliphatic rings. The van der Waals surface area contributed by atoms with Crippen LogP contribution in [0.25, 0.3) is 55.7 Å². The first kappa shape index (κ1) is 41.1. The summed E-state index contributed by atoms with van der Waals surface area (Å²) < 4.78 is 4.14. The first-order chi connectivity index (χ1) is 24.8. The maximum Gasteiger partial charge on any atom is 0.168 e. The second kappa shape index (κ2) is 19.4. The van der Waals surface area contributed by atoms with Crippen molar-refractivity contribution in [3.63, 3.8) is 0 Å².